The molecule has 2 aromatic carbocycles. The summed E-state index contributed by atoms with van der Waals surface area (Å²) in [6.07, 6.45) is 1.55. The van der Waals surface area contributed by atoms with Crippen molar-refractivity contribution >= 4 is 28.4 Å². The predicted molar refractivity (Wildman–Crippen MR) is 93.9 cm³/mol. The summed E-state index contributed by atoms with van der Waals surface area (Å²) >= 11 is 0. The van der Waals surface area contributed by atoms with Gasteiger partial charge in [0.1, 0.15) is 5.52 Å². The van der Waals surface area contributed by atoms with Crippen LogP contribution < -0.4 is 10.6 Å². The summed E-state index contributed by atoms with van der Waals surface area (Å²) in [4.78, 5) is 28.1. The van der Waals surface area contributed by atoms with Crippen molar-refractivity contribution in [1.82, 2.24) is 19.9 Å². The first kappa shape index (κ1) is 14.2. The molecule has 6 nitrogen and oxygen atoms in total. The van der Waals surface area contributed by atoms with Gasteiger partial charge in [0.15, 0.2) is 11.5 Å². The molecule has 118 valence electrons. The van der Waals surface area contributed by atoms with E-state index in [1.54, 1.807) is 6.33 Å². The van der Waals surface area contributed by atoms with E-state index in [4.69, 9.17) is 0 Å². The van der Waals surface area contributed by atoms with E-state index in [1.165, 1.54) is 0 Å². The number of aromatic nitrogens is 4. The van der Waals surface area contributed by atoms with Crippen LogP contribution in [0, 0.1) is 6.92 Å². The summed E-state index contributed by atoms with van der Waals surface area (Å²) in [5.41, 5.74) is 3.69. The minimum absolute atomic E-state index is 0.431. The maximum absolute atomic E-state index is 12.0. The number of hydrogen-bond acceptors (Lipinski definition) is 4. The van der Waals surface area contributed by atoms with Gasteiger partial charge in [-0.05, 0) is 30.7 Å². The minimum Gasteiger partial charge on any atom is -0.340 e. The minimum atomic E-state index is -0.431. The molecule has 2 N–H and O–H groups in total. The van der Waals surface area contributed by atoms with Crippen LogP contribution in [0.4, 0.5) is 17.2 Å². The first-order valence-corrected chi connectivity index (χ1v) is 7.58. The van der Waals surface area contributed by atoms with Gasteiger partial charge in [0.05, 0.1) is 12.0 Å². The lowest BCUT2D eigenvalue weighted by molar-refractivity contribution is 1.07. The molecule has 0 atom stereocenters. The molecule has 4 rings (SSSR count). The van der Waals surface area contributed by atoms with Gasteiger partial charge in [-0.3, -0.25) is 9.88 Å². The number of rotatable bonds is 3. The summed E-state index contributed by atoms with van der Waals surface area (Å²) in [5, 5.41) is 0. The second kappa shape index (κ2) is 5.66. The van der Waals surface area contributed by atoms with Crippen LogP contribution >= 0.6 is 0 Å². The third kappa shape index (κ3) is 2.34. The van der Waals surface area contributed by atoms with E-state index in [1.807, 2.05) is 66.4 Å². The number of aromatic amines is 2. The van der Waals surface area contributed by atoms with Crippen LogP contribution in [-0.2, 0) is 0 Å². The van der Waals surface area contributed by atoms with E-state index in [9.17, 15) is 4.79 Å². The first-order chi connectivity index (χ1) is 11.7. The van der Waals surface area contributed by atoms with Gasteiger partial charge in [-0.25, -0.2) is 9.78 Å². The number of benzene rings is 2. The molecule has 0 bridgehead atoms. The van der Waals surface area contributed by atoms with Gasteiger partial charge in [-0.15, -0.1) is 0 Å². The third-order valence-corrected chi connectivity index (χ3v) is 3.88. The number of fused-ring (bicyclic) bond motifs is 1. The van der Waals surface area contributed by atoms with Crippen molar-refractivity contribution in [2.45, 2.75) is 6.92 Å². The zero-order valence-electron chi connectivity index (χ0n) is 13.0. The smallest absolute Gasteiger partial charge is 0.340 e. The zero-order chi connectivity index (χ0) is 16.5. The molecule has 24 heavy (non-hydrogen) atoms. The lowest BCUT2D eigenvalue weighted by Gasteiger charge is -2.25. The number of nitrogens with zero attached hydrogens (tertiary/aromatic N) is 3. The highest BCUT2D eigenvalue weighted by Crippen LogP contribution is 2.36. The van der Waals surface area contributed by atoms with Crippen LogP contribution in [0.3, 0.4) is 0 Å². The summed E-state index contributed by atoms with van der Waals surface area (Å²) < 4.78 is 0. The maximum Gasteiger partial charge on any atom is 0.348 e. The fraction of sp³-hybridized carbons (Fsp3) is 0.0556. The Morgan fingerprint density at radius 1 is 1.00 bits per heavy atom. The SMILES string of the molecule is Cc1ccccc1N(c1ccccc1)c1nc(=O)[nH]c2nc[nH]c12. The molecule has 0 amide bonds. The molecule has 0 aliphatic rings. The van der Waals surface area contributed by atoms with Crippen molar-refractivity contribution in [3.63, 3.8) is 0 Å². The lowest BCUT2D eigenvalue weighted by Crippen LogP contribution is -2.19. The molecular formula is C18H15N5O. The van der Waals surface area contributed by atoms with Gasteiger partial charge < -0.3 is 4.98 Å². The topological polar surface area (TPSA) is 77.7 Å². The Hall–Kier alpha value is -3.41. The van der Waals surface area contributed by atoms with E-state index < -0.39 is 5.69 Å². The number of H-pyrrole nitrogens is 2. The Balaban J connectivity index is 2.05. The molecular weight excluding hydrogens is 302 g/mol. The van der Waals surface area contributed by atoms with Crippen LogP contribution in [0.15, 0.2) is 65.7 Å². The Bertz CT molecular complexity index is 1050. The highest BCUT2D eigenvalue weighted by atomic mass is 16.1. The second-order valence-electron chi connectivity index (χ2n) is 5.45. The average Bonchev–Trinajstić information content (AvgIpc) is 3.06. The fourth-order valence-electron chi connectivity index (χ4n) is 2.77. The molecule has 0 saturated heterocycles. The van der Waals surface area contributed by atoms with E-state index in [2.05, 4.69) is 19.9 Å². The van der Waals surface area contributed by atoms with Crippen molar-refractivity contribution < 1.29 is 0 Å². The Morgan fingerprint density at radius 3 is 2.54 bits per heavy atom. The lowest BCUT2D eigenvalue weighted by atomic mass is 10.1. The fourth-order valence-corrected chi connectivity index (χ4v) is 2.77. The standard InChI is InChI=1S/C18H15N5O/c1-12-7-5-6-10-14(12)23(13-8-3-2-4-9-13)17-15-16(20-11-19-15)21-18(24)22-17/h2-11H,1H3,(H2,19,20,21,22,24). The van der Waals surface area contributed by atoms with Gasteiger partial charge in [0, 0.05) is 5.69 Å². The Kier molecular flexibility index (Phi) is 3.35. The normalized spacial score (nSPS) is 10.9. The molecule has 2 aromatic heterocycles. The molecule has 0 aliphatic carbocycles. The third-order valence-electron chi connectivity index (χ3n) is 3.88. The molecule has 0 aliphatic heterocycles. The number of imidazole rings is 1. The highest BCUT2D eigenvalue weighted by Gasteiger charge is 2.19. The summed E-state index contributed by atoms with van der Waals surface area (Å²) in [7, 11) is 0. The molecule has 0 saturated carbocycles. The first-order valence-electron chi connectivity index (χ1n) is 7.58. The Labute approximate surface area is 137 Å². The number of aryl methyl sites for hydroxylation is 1. The van der Waals surface area contributed by atoms with Gasteiger partial charge in [0.25, 0.3) is 0 Å². The molecule has 2 heterocycles. The van der Waals surface area contributed by atoms with E-state index in [0.29, 0.717) is 17.0 Å². The largest absolute Gasteiger partial charge is 0.348 e. The second-order valence-corrected chi connectivity index (χ2v) is 5.45. The molecule has 0 unspecified atom stereocenters. The van der Waals surface area contributed by atoms with Crippen LogP contribution in [0.2, 0.25) is 0 Å². The molecule has 6 heteroatoms. The van der Waals surface area contributed by atoms with Crippen LogP contribution in [0.5, 0.6) is 0 Å². The Morgan fingerprint density at radius 2 is 1.75 bits per heavy atom. The van der Waals surface area contributed by atoms with Gasteiger partial charge in [-0.1, -0.05) is 36.4 Å². The number of para-hydroxylation sites is 2. The van der Waals surface area contributed by atoms with Gasteiger partial charge >= 0.3 is 5.69 Å². The van der Waals surface area contributed by atoms with Crippen molar-refractivity contribution in [1.29, 1.82) is 0 Å². The number of anilines is 3. The van der Waals surface area contributed by atoms with Crippen LogP contribution in [0.25, 0.3) is 11.2 Å². The maximum atomic E-state index is 12.0. The summed E-state index contributed by atoms with van der Waals surface area (Å²) in [5.74, 6) is 0.520. The van der Waals surface area contributed by atoms with Crippen molar-refractivity contribution in [2.75, 3.05) is 4.90 Å². The van der Waals surface area contributed by atoms with E-state index in [-0.39, 0.29) is 0 Å². The van der Waals surface area contributed by atoms with Crippen LogP contribution in [0.1, 0.15) is 5.56 Å². The molecule has 0 spiro atoms. The number of nitrogens with one attached hydrogen (secondary N) is 2. The molecule has 0 radical (unpaired) electrons. The number of hydrogen-bond donors (Lipinski definition) is 2. The monoisotopic (exact) mass is 317 g/mol. The van der Waals surface area contributed by atoms with Crippen molar-refractivity contribution in [2.24, 2.45) is 0 Å². The average molecular weight is 317 g/mol. The predicted octanol–water partition coefficient (Wildman–Crippen LogP) is 3.42. The van der Waals surface area contributed by atoms with E-state index in [0.717, 1.165) is 16.9 Å². The zero-order valence-corrected chi connectivity index (χ0v) is 13.0. The van der Waals surface area contributed by atoms with Crippen molar-refractivity contribution in [3.8, 4) is 0 Å². The summed E-state index contributed by atoms with van der Waals surface area (Å²) in [6.45, 7) is 2.03. The van der Waals surface area contributed by atoms with Crippen molar-refractivity contribution in [3.05, 3.63) is 77.0 Å². The highest BCUT2D eigenvalue weighted by molar-refractivity contribution is 5.90. The summed E-state index contributed by atoms with van der Waals surface area (Å²) in [6, 6.07) is 17.8. The molecule has 4 aromatic rings. The quantitative estimate of drug-likeness (QED) is 0.607. The van der Waals surface area contributed by atoms with Crippen LogP contribution in [-0.4, -0.2) is 19.9 Å². The molecule has 0 fully saturated rings. The van der Waals surface area contributed by atoms with Gasteiger partial charge in [0.2, 0.25) is 0 Å². The van der Waals surface area contributed by atoms with Gasteiger partial charge in [-0.2, -0.15) is 4.98 Å². The van der Waals surface area contributed by atoms with E-state index >= 15 is 0 Å².